The number of fused-ring (bicyclic) bond motifs is 1. The fraction of sp³-hybridized carbons (Fsp3) is 0.0625. The molecular formula is C16H10Cl2FNO. The Morgan fingerprint density at radius 1 is 1.10 bits per heavy atom. The van der Waals surface area contributed by atoms with Crippen LogP contribution in [0.15, 0.2) is 42.6 Å². The van der Waals surface area contributed by atoms with Crippen LogP contribution in [-0.2, 0) is 6.54 Å². The minimum Gasteiger partial charge on any atom is -0.342 e. The monoisotopic (exact) mass is 321 g/mol. The molecule has 0 atom stereocenters. The van der Waals surface area contributed by atoms with Gasteiger partial charge in [0, 0.05) is 32.8 Å². The van der Waals surface area contributed by atoms with Gasteiger partial charge in [-0.25, -0.2) is 4.39 Å². The molecule has 0 spiro atoms. The fourth-order valence-corrected chi connectivity index (χ4v) is 2.68. The first kappa shape index (κ1) is 14.1. The van der Waals surface area contributed by atoms with Crippen molar-refractivity contribution >= 4 is 40.4 Å². The van der Waals surface area contributed by atoms with Crippen molar-refractivity contribution in [2.45, 2.75) is 6.54 Å². The number of carbonyl (C=O) groups excluding carboxylic acids is 1. The highest BCUT2D eigenvalue weighted by Crippen LogP contribution is 2.25. The van der Waals surface area contributed by atoms with Crippen molar-refractivity contribution in [3.8, 4) is 0 Å². The fourth-order valence-electron chi connectivity index (χ4n) is 2.35. The molecule has 0 aliphatic carbocycles. The number of nitrogens with zero attached hydrogens (tertiary/aromatic N) is 1. The minimum absolute atomic E-state index is 0.299. The second kappa shape index (κ2) is 5.51. The predicted octanol–water partition coefficient (Wildman–Crippen LogP) is 4.95. The lowest BCUT2D eigenvalue weighted by molar-refractivity contribution is 0.112. The third-order valence-corrected chi connectivity index (χ3v) is 3.83. The Morgan fingerprint density at radius 3 is 2.52 bits per heavy atom. The van der Waals surface area contributed by atoms with Gasteiger partial charge in [-0.1, -0.05) is 35.3 Å². The zero-order chi connectivity index (χ0) is 15.0. The minimum atomic E-state index is -0.376. The zero-order valence-electron chi connectivity index (χ0n) is 10.8. The Labute approximate surface area is 130 Å². The Balaban J connectivity index is 2.11. The molecule has 5 heteroatoms. The average Bonchev–Trinajstić information content (AvgIpc) is 2.79. The second-order valence-corrected chi connectivity index (χ2v) is 5.60. The molecule has 0 fully saturated rings. The maximum atomic E-state index is 13.9. The van der Waals surface area contributed by atoms with Crippen LogP contribution in [0.2, 0.25) is 10.0 Å². The van der Waals surface area contributed by atoms with Gasteiger partial charge in [0.15, 0.2) is 6.29 Å². The summed E-state index contributed by atoms with van der Waals surface area (Å²) in [6, 6.07) is 9.82. The van der Waals surface area contributed by atoms with E-state index in [4.69, 9.17) is 23.2 Å². The van der Waals surface area contributed by atoms with E-state index in [0.717, 1.165) is 17.2 Å². The van der Waals surface area contributed by atoms with Gasteiger partial charge in [0.1, 0.15) is 5.82 Å². The number of aldehydes is 1. The molecule has 1 heterocycles. The van der Waals surface area contributed by atoms with Crippen molar-refractivity contribution in [3.05, 3.63) is 69.6 Å². The van der Waals surface area contributed by atoms with Crippen LogP contribution in [-0.4, -0.2) is 10.9 Å². The van der Waals surface area contributed by atoms with E-state index in [2.05, 4.69) is 0 Å². The summed E-state index contributed by atoms with van der Waals surface area (Å²) in [5, 5.41) is 1.71. The summed E-state index contributed by atoms with van der Waals surface area (Å²) in [4.78, 5) is 11.1. The van der Waals surface area contributed by atoms with E-state index in [-0.39, 0.29) is 5.82 Å². The first-order valence-electron chi connectivity index (χ1n) is 6.26. The van der Waals surface area contributed by atoms with Gasteiger partial charge in [-0.2, -0.15) is 0 Å². The second-order valence-electron chi connectivity index (χ2n) is 4.73. The number of benzene rings is 2. The van der Waals surface area contributed by atoms with Crippen LogP contribution in [0.4, 0.5) is 4.39 Å². The quantitative estimate of drug-likeness (QED) is 0.626. The lowest BCUT2D eigenvalue weighted by atomic mass is 10.2. The molecule has 106 valence electrons. The van der Waals surface area contributed by atoms with Crippen LogP contribution in [0.1, 0.15) is 15.9 Å². The van der Waals surface area contributed by atoms with Gasteiger partial charge in [-0.05, 0) is 24.3 Å². The van der Waals surface area contributed by atoms with Gasteiger partial charge < -0.3 is 4.57 Å². The summed E-state index contributed by atoms with van der Waals surface area (Å²) in [5.41, 5.74) is 1.84. The van der Waals surface area contributed by atoms with Gasteiger partial charge in [-0.15, -0.1) is 0 Å². The van der Waals surface area contributed by atoms with Gasteiger partial charge in [-0.3, -0.25) is 4.79 Å². The van der Waals surface area contributed by atoms with Crippen molar-refractivity contribution < 1.29 is 9.18 Å². The zero-order valence-corrected chi connectivity index (χ0v) is 12.3. The Morgan fingerprint density at radius 2 is 1.81 bits per heavy atom. The van der Waals surface area contributed by atoms with Crippen LogP contribution in [0.5, 0.6) is 0 Å². The van der Waals surface area contributed by atoms with Crippen molar-refractivity contribution in [1.29, 1.82) is 0 Å². The number of hydrogen-bond acceptors (Lipinski definition) is 1. The highest BCUT2D eigenvalue weighted by atomic mass is 35.5. The summed E-state index contributed by atoms with van der Waals surface area (Å²) in [6.45, 7) is 0.299. The average molecular weight is 322 g/mol. The summed E-state index contributed by atoms with van der Waals surface area (Å²) in [7, 11) is 0. The number of hydrogen-bond donors (Lipinski definition) is 0. The molecule has 0 saturated carbocycles. The Kier molecular flexibility index (Phi) is 3.70. The molecule has 2 nitrogen and oxygen atoms in total. The summed E-state index contributed by atoms with van der Waals surface area (Å²) < 4.78 is 15.7. The molecule has 2 aromatic carbocycles. The van der Waals surface area contributed by atoms with Crippen molar-refractivity contribution in [2.75, 3.05) is 0 Å². The first-order valence-corrected chi connectivity index (χ1v) is 7.01. The largest absolute Gasteiger partial charge is 0.342 e. The summed E-state index contributed by atoms with van der Waals surface area (Å²) in [5.74, 6) is -0.376. The third kappa shape index (κ3) is 2.67. The van der Waals surface area contributed by atoms with E-state index in [1.165, 1.54) is 6.07 Å². The molecule has 0 bridgehead atoms. The molecule has 0 radical (unpaired) electrons. The van der Waals surface area contributed by atoms with Gasteiger partial charge >= 0.3 is 0 Å². The first-order chi connectivity index (χ1) is 10.1. The molecule has 1 aromatic heterocycles. The summed E-state index contributed by atoms with van der Waals surface area (Å²) in [6.07, 6.45) is 2.48. The van der Waals surface area contributed by atoms with Crippen LogP contribution < -0.4 is 0 Å². The maximum absolute atomic E-state index is 13.9. The van der Waals surface area contributed by atoms with E-state index in [0.29, 0.717) is 27.7 Å². The topological polar surface area (TPSA) is 22.0 Å². The molecule has 0 aliphatic heterocycles. The molecule has 0 unspecified atom stereocenters. The van der Waals surface area contributed by atoms with Crippen molar-refractivity contribution in [1.82, 2.24) is 4.57 Å². The molecule has 3 aromatic rings. The molecule has 21 heavy (non-hydrogen) atoms. The van der Waals surface area contributed by atoms with E-state index in [1.54, 1.807) is 41.1 Å². The molecule has 0 saturated heterocycles. The molecule has 0 aliphatic rings. The molecular weight excluding hydrogens is 312 g/mol. The SMILES string of the molecule is O=Cc1cn(Cc2ccc(Cl)cc2F)c2cc(Cl)ccc12. The predicted molar refractivity (Wildman–Crippen MR) is 82.8 cm³/mol. The van der Waals surface area contributed by atoms with Gasteiger partial charge in [0.2, 0.25) is 0 Å². The van der Waals surface area contributed by atoms with E-state index in [9.17, 15) is 9.18 Å². The van der Waals surface area contributed by atoms with Crippen LogP contribution in [0.25, 0.3) is 10.9 Å². The normalized spacial score (nSPS) is 11.0. The molecule has 0 amide bonds. The molecule has 3 rings (SSSR count). The van der Waals surface area contributed by atoms with E-state index < -0.39 is 0 Å². The maximum Gasteiger partial charge on any atom is 0.152 e. The lowest BCUT2D eigenvalue weighted by Crippen LogP contribution is -2.00. The Bertz CT molecular complexity index is 842. The van der Waals surface area contributed by atoms with Crippen LogP contribution >= 0.6 is 23.2 Å². The van der Waals surface area contributed by atoms with E-state index in [1.807, 2.05) is 0 Å². The highest BCUT2D eigenvalue weighted by molar-refractivity contribution is 6.31. The van der Waals surface area contributed by atoms with Crippen LogP contribution in [0, 0.1) is 5.82 Å². The lowest BCUT2D eigenvalue weighted by Gasteiger charge is -2.07. The smallest absolute Gasteiger partial charge is 0.152 e. The van der Waals surface area contributed by atoms with Crippen molar-refractivity contribution in [3.63, 3.8) is 0 Å². The molecule has 0 N–H and O–H groups in total. The van der Waals surface area contributed by atoms with Gasteiger partial charge in [0.25, 0.3) is 0 Å². The van der Waals surface area contributed by atoms with Crippen molar-refractivity contribution in [2.24, 2.45) is 0 Å². The highest BCUT2D eigenvalue weighted by Gasteiger charge is 2.11. The number of aromatic nitrogens is 1. The number of carbonyl (C=O) groups is 1. The number of rotatable bonds is 3. The standard InChI is InChI=1S/C16H10Cl2FNO/c17-12-2-1-10(15(19)5-12)7-20-8-11(9-21)14-4-3-13(18)6-16(14)20/h1-6,8-9H,7H2. The Hall–Kier alpha value is -1.84. The van der Waals surface area contributed by atoms with Crippen LogP contribution in [0.3, 0.4) is 0 Å². The summed E-state index contributed by atoms with van der Waals surface area (Å²) >= 11 is 11.8. The van der Waals surface area contributed by atoms with E-state index >= 15 is 0 Å². The van der Waals surface area contributed by atoms with Gasteiger partial charge in [0.05, 0.1) is 12.1 Å². The third-order valence-electron chi connectivity index (χ3n) is 3.36. The number of halogens is 3.